The van der Waals surface area contributed by atoms with Gasteiger partial charge in [-0.3, -0.25) is 4.90 Å². The van der Waals surface area contributed by atoms with E-state index in [1.807, 2.05) is 6.08 Å². The Bertz CT molecular complexity index is 134. The average Bonchev–Trinajstić information content (AvgIpc) is 2.15. The zero-order valence-electron chi connectivity index (χ0n) is 10.1. The highest BCUT2D eigenvalue weighted by Crippen LogP contribution is 1.97. The maximum absolute atomic E-state index is 3.79. The second-order valence-corrected chi connectivity index (χ2v) is 3.84. The predicted molar refractivity (Wildman–Crippen MR) is 64.7 cm³/mol. The van der Waals surface area contributed by atoms with Gasteiger partial charge in [0.1, 0.15) is 0 Å². The van der Waals surface area contributed by atoms with E-state index < -0.39 is 0 Å². The van der Waals surface area contributed by atoms with Gasteiger partial charge in [0, 0.05) is 12.6 Å². The zero-order valence-corrected chi connectivity index (χ0v) is 10.1. The Kier molecular flexibility index (Phi) is 9.00. The maximum atomic E-state index is 3.79. The molecule has 0 heterocycles. The van der Waals surface area contributed by atoms with Gasteiger partial charge in [-0.15, -0.1) is 6.58 Å². The Balaban J connectivity index is 3.62. The molecule has 0 aliphatic rings. The van der Waals surface area contributed by atoms with E-state index in [4.69, 9.17) is 0 Å². The fraction of sp³-hybridized carbons (Fsp3) is 0.833. The lowest BCUT2D eigenvalue weighted by molar-refractivity contribution is 0.285. The minimum absolute atomic E-state index is 0.629. The smallest absolute Gasteiger partial charge is 0.0160 e. The molecule has 0 amide bonds. The van der Waals surface area contributed by atoms with Crippen LogP contribution in [0.3, 0.4) is 0 Å². The summed E-state index contributed by atoms with van der Waals surface area (Å²) in [6.07, 6.45) is 4.44. The Morgan fingerprint density at radius 2 is 2.07 bits per heavy atom. The molecule has 0 radical (unpaired) electrons. The highest BCUT2D eigenvalue weighted by molar-refractivity contribution is 4.74. The minimum Gasteiger partial charge on any atom is -0.314 e. The molecule has 0 fully saturated rings. The van der Waals surface area contributed by atoms with Gasteiger partial charge >= 0.3 is 0 Å². The van der Waals surface area contributed by atoms with Crippen molar-refractivity contribution in [3.8, 4) is 0 Å². The van der Waals surface area contributed by atoms with E-state index in [1.54, 1.807) is 0 Å². The van der Waals surface area contributed by atoms with Gasteiger partial charge in [-0.1, -0.05) is 19.9 Å². The van der Waals surface area contributed by atoms with Crippen molar-refractivity contribution >= 4 is 0 Å². The molecular weight excluding hydrogens is 172 g/mol. The van der Waals surface area contributed by atoms with Crippen molar-refractivity contribution in [2.24, 2.45) is 0 Å². The molecule has 0 aliphatic carbocycles. The first-order valence-corrected chi connectivity index (χ1v) is 5.81. The summed E-state index contributed by atoms with van der Waals surface area (Å²) in [6, 6.07) is 0.629. The van der Waals surface area contributed by atoms with Crippen molar-refractivity contribution in [1.82, 2.24) is 10.2 Å². The topological polar surface area (TPSA) is 15.3 Å². The SMILES string of the molecule is C=CCN(CCC)CCC(C)NCC. The molecule has 84 valence electrons. The molecule has 0 aromatic heterocycles. The van der Waals surface area contributed by atoms with Crippen LogP contribution in [0.4, 0.5) is 0 Å². The van der Waals surface area contributed by atoms with E-state index in [1.165, 1.54) is 25.9 Å². The molecule has 2 nitrogen and oxygen atoms in total. The summed E-state index contributed by atoms with van der Waals surface area (Å²) in [7, 11) is 0. The Labute approximate surface area is 89.4 Å². The van der Waals surface area contributed by atoms with Crippen LogP contribution in [-0.4, -0.2) is 37.1 Å². The molecule has 0 aromatic rings. The fourth-order valence-corrected chi connectivity index (χ4v) is 1.62. The average molecular weight is 198 g/mol. The van der Waals surface area contributed by atoms with E-state index in [9.17, 15) is 0 Å². The highest BCUT2D eigenvalue weighted by atomic mass is 15.1. The molecule has 0 aliphatic heterocycles. The van der Waals surface area contributed by atoms with E-state index in [2.05, 4.69) is 37.6 Å². The van der Waals surface area contributed by atoms with E-state index >= 15 is 0 Å². The predicted octanol–water partition coefficient (Wildman–Crippen LogP) is 2.27. The van der Waals surface area contributed by atoms with Gasteiger partial charge in [0.25, 0.3) is 0 Å². The van der Waals surface area contributed by atoms with Crippen molar-refractivity contribution < 1.29 is 0 Å². The summed E-state index contributed by atoms with van der Waals surface area (Å²) in [5.74, 6) is 0. The maximum Gasteiger partial charge on any atom is 0.0160 e. The minimum atomic E-state index is 0.629. The first-order valence-electron chi connectivity index (χ1n) is 5.81. The molecule has 1 atom stereocenters. The second-order valence-electron chi connectivity index (χ2n) is 3.84. The zero-order chi connectivity index (χ0) is 10.8. The van der Waals surface area contributed by atoms with Gasteiger partial charge in [-0.2, -0.15) is 0 Å². The number of hydrogen-bond acceptors (Lipinski definition) is 2. The van der Waals surface area contributed by atoms with Crippen molar-refractivity contribution in [2.75, 3.05) is 26.2 Å². The van der Waals surface area contributed by atoms with Gasteiger partial charge in [-0.05, 0) is 39.4 Å². The van der Waals surface area contributed by atoms with E-state index in [-0.39, 0.29) is 0 Å². The summed E-state index contributed by atoms with van der Waals surface area (Å²) >= 11 is 0. The Morgan fingerprint density at radius 3 is 2.57 bits per heavy atom. The first-order chi connectivity index (χ1) is 6.74. The highest BCUT2D eigenvalue weighted by Gasteiger charge is 2.04. The van der Waals surface area contributed by atoms with Crippen LogP contribution in [0.1, 0.15) is 33.6 Å². The van der Waals surface area contributed by atoms with Crippen molar-refractivity contribution in [3.63, 3.8) is 0 Å². The molecular formula is C12H26N2. The van der Waals surface area contributed by atoms with Crippen LogP contribution in [0.2, 0.25) is 0 Å². The number of hydrogen-bond donors (Lipinski definition) is 1. The summed E-state index contributed by atoms with van der Waals surface area (Å²) in [4.78, 5) is 2.46. The quantitative estimate of drug-likeness (QED) is 0.572. The van der Waals surface area contributed by atoms with Crippen LogP contribution < -0.4 is 5.32 Å². The fourth-order valence-electron chi connectivity index (χ4n) is 1.62. The molecule has 0 bridgehead atoms. The van der Waals surface area contributed by atoms with E-state index in [0.717, 1.165) is 13.1 Å². The van der Waals surface area contributed by atoms with Crippen molar-refractivity contribution in [1.29, 1.82) is 0 Å². The van der Waals surface area contributed by atoms with Gasteiger partial charge in [-0.25, -0.2) is 0 Å². The largest absolute Gasteiger partial charge is 0.314 e. The van der Waals surface area contributed by atoms with Crippen molar-refractivity contribution in [2.45, 2.75) is 39.7 Å². The van der Waals surface area contributed by atoms with Crippen LogP contribution >= 0.6 is 0 Å². The summed E-state index contributed by atoms with van der Waals surface area (Å²) < 4.78 is 0. The molecule has 0 saturated carbocycles. The Hall–Kier alpha value is -0.340. The lowest BCUT2D eigenvalue weighted by Gasteiger charge is -2.22. The summed E-state index contributed by atoms with van der Waals surface area (Å²) in [5, 5.41) is 3.43. The Morgan fingerprint density at radius 1 is 1.36 bits per heavy atom. The normalized spacial score (nSPS) is 13.1. The van der Waals surface area contributed by atoms with Gasteiger partial charge in [0.15, 0.2) is 0 Å². The molecule has 14 heavy (non-hydrogen) atoms. The van der Waals surface area contributed by atoms with Crippen LogP contribution in [0.5, 0.6) is 0 Å². The molecule has 0 aromatic carbocycles. The molecule has 2 heteroatoms. The number of nitrogens with one attached hydrogen (secondary N) is 1. The first kappa shape index (κ1) is 13.7. The van der Waals surface area contributed by atoms with Gasteiger partial charge < -0.3 is 5.32 Å². The monoisotopic (exact) mass is 198 g/mol. The molecule has 1 N–H and O–H groups in total. The van der Waals surface area contributed by atoms with Crippen LogP contribution in [0, 0.1) is 0 Å². The summed E-state index contributed by atoms with van der Waals surface area (Å²) in [5.41, 5.74) is 0. The standard InChI is InChI=1S/C12H26N2/c1-5-9-14(10-6-2)11-8-12(4)13-7-3/h5,12-13H,1,6-11H2,2-4H3. The number of nitrogens with zero attached hydrogens (tertiary/aromatic N) is 1. The third-order valence-corrected chi connectivity index (χ3v) is 2.36. The lowest BCUT2D eigenvalue weighted by Crippen LogP contribution is -2.33. The molecule has 0 saturated heterocycles. The summed E-state index contributed by atoms with van der Waals surface area (Å²) in [6.45, 7) is 14.9. The van der Waals surface area contributed by atoms with Crippen molar-refractivity contribution in [3.05, 3.63) is 12.7 Å². The van der Waals surface area contributed by atoms with Crippen LogP contribution in [0.25, 0.3) is 0 Å². The number of rotatable bonds is 9. The van der Waals surface area contributed by atoms with Gasteiger partial charge in [0.05, 0.1) is 0 Å². The van der Waals surface area contributed by atoms with Crippen LogP contribution in [-0.2, 0) is 0 Å². The molecule has 0 spiro atoms. The molecule has 0 rings (SSSR count). The van der Waals surface area contributed by atoms with E-state index in [0.29, 0.717) is 6.04 Å². The lowest BCUT2D eigenvalue weighted by atomic mass is 10.2. The van der Waals surface area contributed by atoms with Crippen LogP contribution in [0.15, 0.2) is 12.7 Å². The third kappa shape index (κ3) is 7.10. The van der Waals surface area contributed by atoms with Gasteiger partial charge in [0.2, 0.25) is 0 Å². The second kappa shape index (κ2) is 9.22. The molecule has 1 unspecified atom stereocenters. The third-order valence-electron chi connectivity index (χ3n) is 2.36.